The topological polar surface area (TPSA) is 55.6 Å². The number of nitrogens with zero attached hydrogens (tertiary/aromatic N) is 1. The maximum atomic E-state index is 12.5. The van der Waals surface area contributed by atoms with E-state index in [4.69, 9.17) is 10.5 Å². The molecule has 18 heavy (non-hydrogen) atoms. The molecule has 4 heteroatoms. The lowest BCUT2D eigenvalue weighted by molar-refractivity contribution is -0.138. The molecule has 0 heterocycles. The first-order chi connectivity index (χ1) is 8.61. The summed E-state index contributed by atoms with van der Waals surface area (Å²) in [5.41, 5.74) is 5.51. The first-order valence-electron chi connectivity index (χ1n) is 7.11. The second-order valence-electron chi connectivity index (χ2n) is 5.43. The molecule has 0 spiro atoms. The van der Waals surface area contributed by atoms with E-state index in [0.29, 0.717) is 31.7 Å². The molecule has 0 aromatic carbocycles. The van der Waals surface area contributed by atoms with Crippen LogP contribution < -0.4 is 5.73 Å². The van der Waals surface area contributed by atoms with Gasteiger partial charge in [-0.3, -0.25) is 4.79 Å². The summed E-state index contributed by atoms with van der Waals surface area (Å²) in [4.78, 5) is 14.5. The molecule has 0 aliphatic heterocycles. The Kier molecular flexibility index (Phi) is 6.65. The summed E-state index contributed by atoms with van der Waals surface area (Å²) in [7, 11) is 1.68. The zero-order valence-electron chi connectivity index (χ0n) is 12.0. The predicted molar refractivity (Wildman–Crippen MR) is 73.2 cm³/mol. The van der Waals surface area contributed by atoms with Crippen molar-refractivity contribution in [3.8, 4) is 0 Å². The molecule has 1 aliphatic carbocycles. The highest BCUT2D eigenvalue weighted by atomic mass is 16.5. The van der Waals surface area contributed by atoms with Crippen molar-refractivity contribution in [2.24, 2.45) is 17.6 Å². The number of rotatable bonds is 9. The van der Waals surface area contributed by atoms with Crippen molar-refractivity contribution >= 4 is 5.91 Å². The molecule has 0 aromatic rings. The summed E-state index contributed by atoms with van der Waals surface area (Å²) in [6, 6.07) is 0.355. The third-order valence-corrected chi connectivity index (χ3v) is 3.88. The van der Waals surface area contributed by atoms with E-state index in [9.17, 15) is 4.79 Å². The van der Waals surface area contributed by atoms with Gasteiger partial charge in [-0.15, -0.1) is 0 Å². The number of methoxy groups -OCH3 is 1. The summed E-state index contributed by atoms with van der Waals surface area (Å²) >= 11 is 0. The smallest absolute Gasteiger partial charge is 0.225 e. The van der Waals surface area contributed by atoms with Gasteiger partial charge in [0.25, 0.3) is 0 Å². The van der Waals surface area contributed by atoms with Crippen LogP contribution in [0, 0.1) is 11.8 Å². The predicted octanol–water partition coefficient (Wildman–Crippen LogP) is 1.63. The van der Waals surface area contributed by atoms with Crippen LogP contribution in [0.4, 0.5) is 0 Å². The van der Waals surface area contributed by atoms with E-state index >= 15 is 0 Å². The largest absolute Gasteiger partial charge is 0.383 e. The van der Waals surface area contributed by atoms with Gasteiger partial charge in [0.15, 0.2) is 0 Å². The molecule has 2 atom stereocenters. The third-order valence-electron chi connectivity index (χ3n) is 3.88. The number of nitrogens with two attached hydrogens (primary N) is 1. The van der Waals surface area contributed by atoms with Crippen LogP contribution in [0.5, 0.6) is 0 Å². The number of carbonyl (C=O) groups excluding carboxylic acids is 1. The quantitative estimate of drug-likeness (QED) is 0.682. The number of ether oxygens (including phenoxy) is 1. The molecule has 1 fully saturated rings. The molecule has 2 unspecified atom stereocenters. The maximum Gasteiger partial charge on any atom is 0.225 e. The van der Waals surface area contributed by atoms with Crippen LogP contribution in [0.3, 0.4) is 0 Å². The lowest BCUT2D eigenvalue weighted by Crippen LogP contribution is -2.44. The Morgan fingerprint density at radius 2 is 2.11 bits per heavy atom. The van der Waals surface area contributed by atoms with Gasteiger partial charge in [-0.25, -0.2) is 0 Å². The molecule has 0 bridgehead atoms. The number of amides is 1. The van der Waals surface area contributed by atoms with E-state index in [-0.39, 0.29) is 11.8 Å². The van der Waals surface area contributed by atoms with Gasteiger partial charge in [0.1, 0.15) is 0 Å². The molecule has 1 aliphatic rings. The average molecular weight is 256 g/mol. The van der Waals surface area contributed by atoms with Gasteiger partial charge in [-0.05, 0) is 45.1 Å². The zero-order valence-corrected chi connectivity index (χ0v) is 12.0. The van der Waals surface area contributed by atoms with Crippen LogP contribution >= 0.6 is 0 Å². The van der Waals surface area contributed by atoms with Crippen molar-refractivity contribution in [3.05, 3.63) is 0 Å². The summed E-state index contributed by atoms with van der Waals surface area (Å²) in [5, 5.41) is 0. The Bertz CT molecular complexity index is 254. The second kappa shape index (κ2) is 7.74. The Morgan fingerprint density at radius 1 is 1.44 bits per heavy atom. The monoisotopic (exact) mass is 256 g/mol. The van der Waals surface area contributed by atoms with Crippen LogP contribution in [-0.4, -0.2) is 43.7 Å². The van der Waals surface area contributed by atoms with Crippen molar-refractivity contribution in [2.75, 3.05) is 26.8 Å². The van der Waals surface area contributed by atoms with Crippen LogP contribution in [0.25, 0.3) is 0 Å². The highest BCUT2D eigenvalue weighted by Crippen LogP contribution is 2.35. The summed E-state index contributed by atoms with van der Waals surface area (Å²) in [5.74, 6) is 1.04. The van der Waals surface area contributed by atoms with Crippen molar-refractivity contribution in [1.82, 2.24) is 4.90 Å². The summed E-state index contributed by atoms with van der Waals surface area (Å²) in [6.45, 7) is 6.17. The molecule has 2 N–H and O–H groups in total. The lowest BCUT2D eigenvalue weighted by atomic mass is 10.0. The highest BCUT2D eigenvalue weighted by Gasteiger charge is 2.35. The molecule has 0 aromatic heterocycles. The fourth-order valence-electron chi connectivity index (χ4n) is 2.37. The molecule has 1 rings (SSSR count). The minimum Gasteiger partial charge on any atom is -0.383 e. The summed E-state index contributed by atoms with van der Waals surface area (Å²) < 4.78 is 5.12. The maximum absolute atomic E-state index is 12.5. The highest BCUT2D eigenvalue weighted by molar-refractivity contribution is 5.78. The van der Waals surface area contributed by atoms with Gasteiger partial charge in [-0.1, -0.05) is 6.92 Å². The fraction of sp³-hybridized carbons (Fsp3) is 0.929. The zero-order chi connectivity index (χ0) is 13.5. The van der Waals surface area contributed by atoms with Gasteiger partial charge >= 0.3 is 0 Å². The van der Waals surface area contributed by atoms with Gasteiger partial charge < -0.3 is 15.4 Å². The van der Waals surface area contributed by atoms with E-state index in [1.807, 2.05) is 11.8 Å². The second-order valence-corrected chi connectivity index (χ2v) is 5.43. The fourth-order valence-corrected chi connectivity index (χ4v) is 2.37. The molecule has 106 valence electrons. The summed E-state index contributed by atoms with van der Waals surface area (Å²) in [6.07, 6.45) is 4.32. The average Bonchev–Trinajstić information content (AvgIpc) is 3.19. The molecule has 0 saturated heterocycles. The Balaban J connectivity index is 2.53. The molecule has 0 radical (unpaired) electrons. The Morgan fingerprint density at radius 3 is 2.61 bits per heavy atom. The minimum absolute atomic E-state index is 0.0756. The van der Waals surface area contributed by atoms with Crippen molar-refractivity contribution in [1.29, 1.82) is 0 Å². The minimum atomic E-state index is 0.0756. The van der Waals surface area contributed by atoms with E-state index < -0.39 is 0 Å². The third kappa shape index (κ3) is 4.58. The molecular formula is C14H28N2O2. The SMILES string of the molecule is COCCN(C(=O)C(C)CCCN)C(C)C1CC1. The number of hydrogen-bond donors (Lipinski definition) is 1. The van der Waals surface area contributed by atoms with Gasteiger partial charge in [-0.2, -0.15) is 0 Å². The van der Waals surface area contributed by atoms with Crippen LogP contribution in [0.1, 0.15) is 39.5 Å². The first kappa shape index (κ1) is 15.4. The molecular weight excluding hydrogens is 228 g/mol. The van der Waals surface area contributed by atoms with Gasteiger partial charge in [0.2, 0.25) is 5.91 Å². The van der Waals surface area contributed by atoms with Crippen molar-refractivity contribution in [3.63, 3.8) is 0 Å². The molecule has 4 nitrogen and oxygen atoms in total. The van der Waals surface area contributed by atoms with E-state index in [0.717, 1.165) is 12.8 Å². The lowest BCUT2D eigenvalue weighted by Gasteiger charge is -2.31. The van der Waals surface area contributed by atoms with E-state index in [2.05, 4.69) is 6.92 Å². The van der Waals surface area contributed by atoms with Gasteiger partial charge in [0, 0.05) is 25.6 Å². The van der Waals surface area contributed by atoms with Crippen LogP contribution in [-0.2, 0) is 9.53 Å². The first-order valence-corrected chi connectivity index (χ1v) is 7.11. The number of carbonyl (C=O) groups is 1. The van der Waals surface area contributed by atoms with Crippen LogP contribution in [0.15, 0.2) is 0 Å². The molecule has 1 amide bonds. The van der Waals surface area contributed by atoms with Crippen molar-refractivity contribution in [2.45, 2.75) is 45.6 Å². The number of hydrogen-bond acceptors (Lipinski definition) is 3. The normalized spacial score (nSPS) is 18.4. The Hall–Kier alpha value is -0.610. The van der Waals surface area contributed by atoms with Gasteiger partial charge in [0.05, 0.1) is 6.61 Å². The van der Waals surface area contributed by atoms with Crippen LogP contribution in [0.2, 0.25) is 0 Å². The molecule has 1 saturated carbocycles. The Labute approximate surface area is 111 Å². The van der Waals surface area contributed by atoms with E-state index in [1.54, 1.807) is 7.11 Å². The van der Waals surface area contributed by atoms with E-state index in [1.165, 1.54) is 12.8 Å². The standard InChI is InChI=1S/C14H28N2O2/c1-11(5-4-8-15)14(17)16(9-10-18-3)12(2)13-6-7-13/h11-13H,4-10,15H2,1-3H3. The van der Waals surface area contributed by atoms with Crippen molar-refractivity contribution < 1.29 is 9.53 Å².